The van der Waals surface area contributed by atoms with Crippen LogP contribution in [0.4, 0.5) is 5.00 Å². The maximum absolute atomic E-state index is 12.9. The van der Waals surface area contributed by atoms with Gasteiger partial charge in [-0.3, -0.25) is 4.90 Å². The van der Waals surface area contributed by atoms with Gasteiger partial charge in [0.1, 0.15) is 5.00 Å². The van der Waals surface area contributed by atoms with E-state index in [1.165, 1.54) is 10.4 Å². The van der Waals surface area contributed by atoms with E-state index >= 15 is 0 Å². The van der Waals surface area contributed by atoms with E-state index in [0.717, 1.165) is 53.1 Å². The number of aliphatic imine (C=N–C) groups is 1. The van der Waals surface area contributed by atoms with Gasteiger partial charge in [0, 0.05) is 60.4 Å². The molecule has 4 aromatic rings. The molecule has 0 radical (unpaired) electrons. The van der Waals surface area contributed by atoms with Gasteiger partial charge in [-0.15, -0.1) is 11.3 Å². The van der Waals surface area contributed by atoms with Crippen molar-refractivity contribution < 1.29 is 9.53 Å². The fourth-order valence-corrected chi connectivity index (χ4v) is 5.75. The molecule has 6 heteroatoms. The second kappa shape index (κ2) is 9.33. The highest BCUT2D eigenvalue weighted by molar-refractivity contribution is 7.16. The quantitative estimate of drug-likeness (QED) is 0.275. The molecule has 0 aliphatic carbocycles. The third-order valence-corrected chi connectivity index (χ3v) is 7.22. The number of hydrogen-bond acceptors (Lipinski definition) is 5. The van der Waals surface area contributed by atoms with E-state index in [1.807, 2.05) is 38.4 Å². The van der Waals surface area contributed by atoms with Crippen molar-refractivity contribution in [3.63, 3.8) is 0 Å². The number of ether oxygens (including phenoxy) is 1. The molecule has 0 saturated carbocycles. The summed E-state index contributed by atoms with van der Waals surface area (Å²) in [6.45, 7) is 4.84. The molecule has 2 aromatic heterocycles. The minimum absolute atomic E-state index is 0.267. The van der Waals surface area contributed by atoms with Gasteiger partial charge in [-0.05, 0) is 30.5 Å². The van der Waals surface area contributed by atoms with E-state index in [1.54, 1.807) is 11.3 Å². The molecule has 0 amide bonds. The molecule has 33 heavy (non-hydrogen) atoms. The van der Waals surface area contributed by atoms with Crippen LogP contribution in [0.2, 0.25) is 0 Å². The fraction of sp³-hybridized carbons (Fsp3) is 0.259. The summed E-state index contributed by atoms with van der Waals surface area (Å²) >= 11 is 1.61. The van der Waals surface area contributed by atoms with Gasteiger partial charge in [-0.1, -0.05) is 48.5 Å². The Balaban J connectivity index is 1.47. The Hall–Kier alpha value is -3.22. The number of hydrogen-bond donors (Lipinski definition) is 0. The van der Waals surface area contributed by atoms with Crippen LogP contribution in [0.1, 0.15) is 38.8 Å². The van der Waals surface area contributed by atoms with Crippen molar-refractivity contribution in [1.29, 1.82) is 0 Å². The molecule has 0 saturated heterocycles. The van der Waals surface area contributed by atoms with Gasteiger partial charge in [0.05, 0.1) is 12.2 Å². The molecule has 0 bridgehead atoms. The first-order valence-corrected chi connectivity index (χ1v) is 12.1. The average molecular weight is 458 g/mol. The molecule has 5 rings (SSSR count). The Bertz CT molecular complexity index is 1320. The average Bonchev–Trinajstić information content (AvgIpc) is 3.35. The summed E-state index contributed by atoms with van der Waals surface area (Å²) in [5, 5.41) is 1.89. The SMILES string of the molecule is CCOC(=O)c1c(N=Cc2cn(C)c3ccccc23)sc2c1CCN(Cc1ccccc1)C2. The van der Waals surface area contributed by atoms with Crippen LogP contribution in [0.15, 0.2) is 65.8 Å². The summed E-state index contributed by atoms with van der Waals surface area (Å²) in [5.74, 6) is -0.267. The summed E-state index contributed by atoms with van der Waals surface area (Å²) in [7, 11) is 2.04. The largest absolute Gasteiger partial charge is 0.462 e. The zero-order chi connectivity index (χ0) is 22.8. The van der Waals surface area contributed by atoms with Crippen LogP contribution in [-0.2, 0) is 31.3 Å². The number of aromatic nitrogens is 1. The molecule has 1 aliphatic rings. The number of nitrogens with zero attached hydrogens (tertiary/aromatic N) is 3. The minimum atomic E-state index is -0.267. The standard InChI is InChI=1S/C27H27N3O2S/c1-3-32-27(31)25-22-13-14-30(16-19-9-5-4-6-10-19)18-24(22)33-26(25)28-15-20-17-29(2)23-12-8-7-11-21(20)23/h4-12,15,17H,3,13-14,16,18H2,1-2H3. The van der Waals surface area contributed by atoms with Gasteiger partial charge in [-0.25, -0.2) is 9.79 Å². The summed E-state index contributed by atoms with van der Waals surface area (Å²) in [4.78, 5) is 21.4. The lowest BCUT2D eigenvalue weighted by Crippen LogP contribution is -2.29. The molecule has 0 unspecified atom stereocenters. The van der Waals surface area contributed by atoms with Crippen LogP contribution < -0.4 is 0 Å². The summed E-state index contributed by atoms with van der Waals surface area (Å²) in [5.41, 5.74) is 5.25. The Morgan fingerprint density at radius 3 is 2.76 bits per heavy atom. The molecular formula is C27H27N3O2S. The number of thiophene rings is 1. The number of para-hydroxylation sites is 1. The molecule has 0 spiro atoms. The molecule has 0 fully saturated rings. The molecule has 1 aliphatic heterocycles. The number of aryl methyl sites for hydroxylation is 1. The van der Waals surface area contributed by atoms with Crippen molar-refractivity contribution in [3.8, 4) is 0 Å². The van der Waals surface area contributed by atoms with Crippen molar-refractivity contribution in [1.82, 2.24) is 9.47 Å². The fourth-order valence-electron chi connectivity index (χ4n) is 4.53. The maximum Gasteiger partial charge on any atom is 0.341 e. The second-order valence-electron chi connectivity index (χ2n) is 8.32. The van der Waals surface area contributed by atoms with Gasteiger partial charge in [0.2, 0.25) is 0 Å². The molecule has 168 valence electrons. The van der Waals surface area contributed by atoms with Crippen LogP contribution in [0.5, 0.6) is 0 Å². The Kier molecular flexibility index (Phi) is 6.11. The highest BCUT2D eigenvalue weighted by Gasteiger charge is 2.28. The normalized spacial score (nSPS) is 14.1. The Morgan fingerprint density at radius 2 is 1.94 bits per heavy atom. The van der Waals surface area contributed by atoms with Crippen LogP contribution in [0.25, 0.3) is 10.9 Å². The van der Waals surface area contributed by atoms with E-state index in [2.05, 4.69) is 52.1 Å². The topological polar surface area (TPSA) is 46.8 Å². The van der Waals surface area contributed by atoms with Gasteiger partial charge in [-0.2, -0.15) is 0 Å². The first-order valence-electron chi connectivity index (χ1n) is 11.3. The minimum Gasteiger partial charge on any atom is -0.462 e. The number of benzene rings is 2. The predicted octanol–water partition coefficient (Wildman–Crippen LogP) is 5.73. The summed E-state index contributed by atoms with van der Waals surface area (Å²) in [6.07, 6.45) is 4.79. The number of carbonyl (C=O) groups is 1. The molecule has 5 nitrogen and oxygen atoms in total. The monoisotopic (exact) mass is 457 g/mol. The lowest BCUT2D eigenvalue weighted by atomic mass is 10.0. The highest BCUT2D eigenvalue weighted by Crippen LogP contribution is 2.40. The van der Waals surface area contributed by atoms with E-state index in [0.29, 0.717) is 12.2 Å². The van der Waals surface area contributed by atoms with Gasteiger partial charge in [0.15, 0.2) is 0 Å². The summed E-state index contributed by atoms with van der Waals surface area (Å²) < 4.78 is 7.52. The van der Waals surface area contributed by atoms with E-state index < -0.39 is 0 Å². The van der Waals surface area contributed by atoms with Crippen LogP contribution in [0, 0.1) is 0 Å². The maximum atomic E-state index is 12.9. The first kappa shape index (κ1) is 21.6. The van der Waals surface area contributed by atoms with Crippen molar-refractivity contribution in [3.05, 3.63) is 87.9 Å². The van der Waals surface area contributed by atoms with Crippen molar-refractivity contribution in [2.75, 3.05) is 13.2 Å². The molecular weight excluding hydrogens is 430 g/mol. The van der Waals surface area contributed by atoms with Gasteiger partial charge >= 0.3 is 5.97 Å². The summed E-state index contributed by atoms with van der Waals surface area (Å²) in [6, 6.07) is 18.8. The smallest absolute Gasteiger partial charge is 0.341 e. The van der Waals surface area contributed by atoms with Crippen LogP contribution >= 0.6 is 11.3 Å². The molecule has 0 atom stereocenters. The molecule has 2 aromatic carbocycles. The Morgan fingerprint density at radius 1 is 1.15 bits per heavy atom. The molecule has 3 heterocycles. The first-order chi connectivity index (χ1) is 16.1. The third kappa shape index (κ3) is 4.36. The molecule has 0 N–H and O–H groups in total. The zero-order valence-corrected chi connectivity index (χ0v) is 19.8. The second-order valence-corrected chi connectivity index (χ2v) is 9.40. The predicted molar refractivity (Wildman–Crippen MR) is 135 cm³/mol. The van der Waals surface area contributed by atoms with Gasteiger partial charge in [0.25, 0.3) is 0 Å². The number of esters is 1. The van der Waals surface area contributed by atoms with Crippen molar-refractivity contribution >= 4 is 39.4 Å². The Labute approximate surface area is 197 Å². The van der Waals surface area contributed by atoms with Crippen molar-refractivity contribution in [2.24, 2.45) is 12.0 Å². The number of rotatable bonds is 6. The zero-order valence-electron chi connectivity index (χ0n) is 19.0. The van der Waals surface area contributed by atoms with E-state index in [9.17, 15) is 4.79 Å². The van der Waals surface area contributed by atoms with Gasteiger partial charge < -0.3 is 9.30 Å². The number of fused-ring (bicyclic) bond motifs is 2. The third-order valence-electron chi connectivity index (χ3n) is 6.09. The van der Waals surface area contributed by atoms with Crippen LogP contribution in [0.3, 0.4) is 0 Å². The van der Waals surface area contributed by atoms with E-state index in [4.69, 9.17) is 9.73 Å². The number of carbonyl (C=O) groups excluding carboxylic acids is 1. The lowest BCUT2D eigenvalue weighted by molar-refractivity contribution is 0.0526. The van der Waals surface area contributed by atoms with E-state index in [-0.39, 0.29) is 5.97 Å². The lowest BCUT2D eigenvalue weighted by Gasteiger charge is -2.27. The van der Waals surface area contributed by atoms with Crippen LogP contribution in [-0.4, -0.2) is 34.8 Å². The van der Waals surface area contributed by atoms with Crippen molar-refractivity contribution in [2.45, 2.75) is 26.4 Å². The highest BCUT2D eigenvalue weighted by atomic mass is 32.1.